The number of anilines is 3. The average molecular weight is 691 g/mol. The molecule has 0 unspecified atom stereocenters. The Kier molecular flexibility index (Phi) is 11.5. The first-order valence-electron chi connectivity index (χ1n) is 14.7. The number of hydrogen-bond donors (Lipinski definition) is 4. The van der Waals surface area contributed by atoms with Crippen LogP contribution in [0.2, 0.25) is 0 Å². The Labute approximate surface area is 276 Å². The number of nitrogens with zero attached hydrogens (tertiary/aromatic N) is 1. The Morgan fingerprint density at radius 1 is 1.02 bits per heavy atom. The van der Waals surface area contributed by atoms with Crippen molar-refractivity contribution in [1.29, 1.82) is 0 Å². The summed E-state index contributed by atoms with van der Waals surface area (Å²) in [5.74, 6) is -0.482. The van der Waals surface area contributed by atoms with E-state index in [0.29, 0.717) is 29.1 Å². The van der Waals surface area contributed by atoms with Crippen molar-refractivity contribution in [3.63, 3.8) is 0 Å². The number of benzene rings is 3. The molecule has 0 aliphatic rings. The molecule has 1 amide bonds. The van der Waals surface area contributed by atoms with Gasteiger partial charge in [0.15, 0.2) is 10.8 Å². The lowest BCUT2D eigenvalue weighted by atomic mass is 10.0. The summed E-state index contributed by atoms with van der Waals surface area (Å²) in [4.78, 5) is 17.2. The molecule has 0 fully saturated rings. The Morgan fingerprint density at radius 3 is 2.38 bits per heavy atom. The molecule has 4 aromatic rings. The first-order valence-corrected chi connectivity index (χ1v) is 17.3. The summed E-state index contributed by atoms with van der Waals surface area (Å²) in [6.07, 6.45) is -5.39. The van der Waals surface area contributed by atoms with Gasteiger partial charge in [0.25, 0.3) is 5.91 Å². The van der Waals surface area contributed by atoms with Crippen molar-refractivity contribution in [2.45, 2.75) is 51.9 Å². The molecule has 14 heteroatoms. The predicted molar refractivity (Wildman–Crippen MR) is 178 cm³/mol. The van der Waals surface area contributed by atoms with Crippen molar-refractivity contribution in [2.75, 3.05) is 22.9 Å². The monoisotopic (exact) mass is 690 g/mol. The molecule has 9 nitrogen and oxygen atoms in total. The van der Waals surface area contributed by atoms with Crippen LogP contribution in [0, 0.1) is 12.8 Å². The number of amides is 1. The number of aliphatic hydroxyl groups is 1. The number of methoxy groups -OCH3 is 1. The van der Waals surface area contributed by atoms with Crippen molar-refractivity contribution < 1.29 is 36.2 Å². The van der Waals surface area contributed by atoms with E-state index in [1.807, 2.05) is 19.9 Å². The number of ether oxygens (including phenoxy) is 1. The van der Waals surface area contributed by atoms with Gasteiger partial charge in [-0.15, -0.1) is 11.3 Å². The molecule has 3 aromatic carbocycles. The number of sulfonamides is 1. The summed E-state index contributed by atoms with van der Waals surface area (Å²) < 4.78 is 73.7. The molecular weight excluding hydrogens is 654 g/mol. The quantitative estimate of drug-likeness (QED) is 0.118. The van der Waals surface area contributed by atoms with Crippen molar-refractivity contribution in [3.8, 4) is 5.75 Å². The van der Waals surface area contributed by atoms with Gasteiger partial charge < -0.3 is 20.5 Å². The van der Waals surface area contributed by atoms with Crippen LogP contribution in [0.25, 0.3) is 0 Å². The summed E-state index contributed by atoms with van der Waals surface area (Å²) in [5.41, 5.74) is 1.82. The summed E-state index contributed by atoms with van der Waals surface area (Å²) in [5, 5.41) is 17.8. The molecule has 0 aliphatic heterocycles. The third-order valence-corrected chi connectivity index (χ3v) is 9.36. The van der Waals surface area contributed by atoms with Crippen LogP contribution in [0.4, 0.5) is 29.7 Å². The van der Waals surface area contributed by atoms with Crippen molar-refractivity contribution in [2.24, 2.45) is 5.92 Å². The van der Waals surface area contributed by atoms with Crippen LogP contribution in [-0.4, -0.2) is 49.4 Å². The van der Waals surface area contributed by atoms with Crippen LogP contribution in [0.1, 0.15) is 46.6 Å². The van der Waals surface area contributed by atoms with E-state index < -0.39 is 45.7 Å². The molecule has 0 spiro atoms. The van der Waals surface area contributed by atoms with E-state index in [9.17, 15) is 31.5 Å². The number of thiazole rings is 1. The van der Waals surface area contributed by atoms with Crippen LogP contribution < -0.4 is 20.1 Å². The number of nitrogens with one attached hydrogen (secondary N) is 3. The topological polar surface area (TPSA) is 130 Å². The molecule has 0 bridgehead atoms. The standard InChI is InChI=1S/C33H37F3N4O5S2/c1-20(2)15-23-17-24(45-4)13-14-27(23)40-47(43,44)19-29(41)28(16-22-9-6-5-7-10-22)37-31(42)25-11-8-12-26(21(25)3)38-32-39-30(18-46-32)33(34,35)36/h5-14,17-18,20,28-29,40-41H,15-16,19H2,1-4H3,(H,37,42)(H,38,39)/t28-,29-/m0/s1. The summed E-state index contributed by atoms with van der Waals surface area (Å²) in [6, 6.07) is 17.7. The highest BCUT2D eigenvalue weighted by molar-refractivity contribution is 7.92. The molecule has 0 aliphatic carbocycles. The van der Waals surface area contributed by atoms with Crippen LogP contribution >= 0.6 is 11.3 Å². The lowest BCUT2D eigenvalue weighted by molar-refractivity contribution is -0.140. The summed E-state index contributed by atoms with van der Waals surface area (Å²) in [6.45, 7) is 5.64. The van der Waals surface area contributed by atoms with Crippen LogP contribution in [-0.2, 0) is 29.0 Å². The fourth-order valence-electron chi connectivity index (χ4n) is 4.95. The van der Waals surface area contributed by atoms with E-state index in [0.717, 1.165) is 27.8 Å². The Morgan fingerprint density at radius 2 is 1.74 bits per heavy atom. The van der Waals surface area contributed by atoms with E-state index in [-0.39, 0.29) is 23.0 Å². The Bertz CT molecular complexity index is 1780. The molecule has 0 radical (unpaired) electrons. The van der Waals surface area contributed by atoms with Crippen molar-refractivity contribution in [1.82, 2.24) is 10.3 Å². The number of alkyl halides is 3. The number of aliphatic hydroxyl groups excluding tert-OH is 1. The van der Waals surface area contributed by atoms with Gasteiger partial charge in [0.1, 0.15) is 5.75 Å². The van der Waals surface area contributed by atoms with Gasteiger partial charge in [-0.05, 0) is 72.7 Å². The van der Waals surface area contributed by atoms with E-state index in [2.05, 4.69) is 20.3 Å². The lowest BCUT2D eigenvalue weighted by Crippen LogP contribution is -2.48. The minimum atomic E-state index is -4.59. The molecule has 2 atom stereocenters. The van der Waals surface area contributed by atoms with Gasteiger partial charge >= 0.3 is 6.18 Å². The number of carbonyl (C=O) groups excluding carboxylic acids is 1. The zero-order valence-corrected chi connectivity index (χ0v) is 27.9. The van der Waals surface area contributed by atoms with E-state index >= 15 is 0 Å². The first kappa shape index (κ1) is 35.7. The normalized spacial score (nSPS) is 13.2. The van der Waals surface area contributed by atoms with Gasteiger partial charge in [-0.1, -0.05) is 50.2 Å². The minimum Gasteiger partial charge on any atom is -0.497 e. The van der Waals surface area contributed by atoms with E-state index in [4.69, 9.17) is 4.74 Å². The molecule has 1 aromatic heterocycles. The minimum absolute atomic E-state index is 0.00137. The SMILES string of the molecule is COc1ccc(NS(=O)(=O)C[C@H](O)[C@H](Cc2ccccc2)NC(=O)c2cccc(Nc3nc(C(F)(F)F)cs3)c2C)c(CC(C)C)c1. The highest BCUT2D eigenvalue weighted by atomic mass is 32.2. The van der Waals surface area contributed by atoms with Gasteiger partial charge in [-0.3, -0.25) is 9.52 Å². The van der Waals surface area contributed by atoms with Gasteiger partial charge in [-0.2, -0.15) is 13.2 Å². The molecule has 4 N–H and O–H groups in total. The molecule has 47 heavy (non-hydrogen) atoms. The molecule has 0 saturated heterocycles. The van der Waals surface area contributed by atoms with Crippen molar-refractivity contribution >= 4 is 43.8 Å². The summed E-state index contributed by atoms with van der Waals surface area (Å²) >= 11 is 0.776. The Hall–Kier alpha value is -4.14. The number of halogens is 3. The highest BCUT2D eigenvalue weighted by Gasteiger charge is 2.34. The maximum Gasteiger partial charge on any atom is 0.434 e. The van der Waals surface area contributed by atoms with Crippen LogP contribution in [0.15, 0.2) is 72.1 Å². The van der Waals surface area contributed by atoms with Gasteiger partial charge in [-0.25, -0.2) is 13.4 Å². The zero-order chi connectivity index (χ0) is 34.4. The average Bonchev–Trinajstić information content (AvgIpc) is 3.48. The Balaban J connectivity index is 1.55. The second kappa shape index (κ2) is 15.2. The van der Waals surface area contributed by atoms with Crippen LogP contribution in [0.5, 0.6) is 5.75 Å². The van der Waals surface area contributed by atoms with E-state index in [1.54, 1.807) is 61.5 Å². The smallest absolute Gasteiger partial charge is 0.434 e. The molecular formula is C33H37F3N4O5S2. The number of carbonyl (C=O) groups is 1. The fourth-order valence-corrected chi connectivity index (χ4v) is 6.98. The third kappa shape index (κ3) is 9.92. The number of aromatic nitrogens is 1. The number of hydrogen-bond acceptors (Lipinski definition) is 8. The molecule has 4 rings (SSSR count). The third-order valence-electron chi connectivity index (χ3n) is 7.29. The zero-order valence-electron chi connectivity index (χ0n) is 26.3. The second-order valence-electron chi connectivity index (χ2n) is 11.5. The number of rotatable bonds is 14. The highest BCUT2D eigenvalue weighted by Crippen LogP contribution is 2.33. The largest absolute Gasteiger partial charge is 0.497 e. The second-order valence-corrected chi connectivity index (χ2v) is 14.1. The first-order chi connectivity index (χ1) is 22.1. The maximum atomic E-state index is 13.6. The summed E-state index contributed by atoms with van der Waals surface area (Å²) in [7, 11) is -2.57. The molecule has 252 valence electrons. The lowest BCUT2D eigenvalue weighted by Gasteiger charge is -2.25. The van der Waals surface area contributed by atoms with Gasteiger partial charge in [0.05, 0.1) is 30.7 Å². The predicted octanol–water partition coefficient (Wildman–Crippen LogP) is 6.56. The van der Waals surface area contributed by atoms with Gasteiger partial charge in [0, 0.05) is 16.6 Å². The van der Waals surface area contributed by atoms with Crippen molar-refractivity contribution in [3.05, 3.63) is 100 Å². The maximum absolute atomic E-state index is 13.6. The van der Waals surface area contributed by atoms with E-state index in [1.165, 1.54) is 13.2 Å². The van der Waals surface area contributed by atoms with Gasteiger partial charge in [0.2, 0.25) is 10.0 Å². The fraction of sp³-hybridized carbons (Fsp3) is 0.333. The van der Waals surface area contributed by atoms with Crippen LogP contribution in [0.3, 0.4) is 0 Å². The molecule has 0 saturated carbocycles. The molecule has 1 heterocycles.